The molecule has 29 heavy (non-hydrogen) atoms. The third kappa shape index (κ3) is 5.60. The number of hydrogen-bond acceptors (Lipinski definition) is 5. The number of carbonyl (C=O) groups is 1. The summed E-state index contributed by atoms with van der Waals surface area (Å²) in [4.78, 5) is 22.5. The highest BCUT2D eigenvalue weighted by molar-refractivity contribution is 7.80. The Morgan fingerprint density at radius 1 is 0.966 bits per heavy atom. The average Bonchev–Trinajstić information content (AvgIpc) is 2.74. The Hall–Kier alpha value is -3.78. The number of nitro benzene ring substituents is 1. The molecular formula is C21H17N3O4S. The Morgan fingerprint density at radius 3 is 2.31 bits per heavy atom. The first-order valence-corrected chi connectivity index (χ1v) is 9.06. The highest BCUT2D eigenvalue weighted by atomic mass is 32.1. The SMILES string of the molecule is O=C(NC(=S)Nc1ccccc1OCc1ccccc1)c1ccc([N+](=O)[O-])cc1. The monoisotopic (exact) mass is 407 g/mol. The molecule has 0 aliphatic heterocycles. The number of anilines is 1. The normalized spacial score (nSPS) is 10.1. The lowest BCUT2D eigenvalue weighted by atomic mass is 10.2. The van der Waals surface area contributed by atoms with Crippen LogP contribution in [-0.4, -0.2) is 15.9 Å². The van der Waals surface area contributed by atoms with E-state index in [9.17, 15) is 14.9 Å². The molecule has 0 heterocycles. The number of para-hydroxylation sites is 2. The van der Waals surface area contributed by atoms with Gasteiger partial charge in [0.05, 0.1) is 10.6 Å². The van der Waals surface area contributed by atoms with Gasteiger partial charge in [-0.3, -0.25) is 20.2 Å². The number of hydrogen-bond donors (Lipinski definition) is 2. The summed E-state index contributed by atoms with van der Waals surface area (Å²) in [6.45, 7) is 0.390. The fourth-order valence-corrected chi connectivity index (χ4v) is 2.70. The molecule has 146 valence electrons. The van der Waals surface area contributed by atoms with Crippen LogP contribution >= 0.6 is 12.2 Å². The zero-order chi connectivity index (χ0) is 20.6. The van der Waals surface area contributed by atoms with Crippen molar-refractivity contribution in [1.29, 1.82) is 0 Å². The number of carbonyl (C=O) groups excluding carboxylic acids is 1. The standard InChI is InChI=1S/C21H17N3O4S/c25-20(16-10-12-17(13-11-16)24(26)27)23-21(29)22-18-8-4-5-9-19(18)28-14-15-6-2-1-3-7-15/h1-13H,14H2,(H2,22,23,25,29). The van der Waals surface area contributed by atoms with Crippen LogP contribution in [-0.2, 0) is 6.61 Å². The Morgan fingerprint density at radius 2 is 1.62 bits per heavy atom. The lowest BCUT2D eigenvalue weighted by Gasteiger charge is -2.14. The van der Waals surface area contributed by atoms with Crippen molar-refractivity contribution < 1.29 is 14.5 Å². The quantitative estimate of drug-likeness (QED) is 0.359. The van der Waals surface area contributed by atoms with Crippen LogP contribution < -0.4 is 15.4 Å². The predicted molar refractivity (Wildman–Crippen MR) is 114 cm³/mol. The first-order valence-electron chi connectivity index (χ1n) is 8.65. The second-order valence-corrected chi connectivity index (χ2v) is 6.39. The molecule has 0 atom stereocenters. The van der Waals surface area contributed by atoms with Crippen molar-refractivity contribution in [3.05, 3.63) is 100 Å². The van der Waals surface area contributed by atoms with Crippen LogP contribution in [0.25, 0.3) is 0 Å². The first-order chi connectivity index (χ1) is 14.0. The molecule has 7 nitrogen and oxygen atoms in total. The lowest BCUT2D eigenvalue weighted by Crippen LogP contribution is -2.34. The Balaban J connectivity index is 1.61. The third-order valence-corrected chi connectivity index (χ3v) is 4.14. The van der Waals surface area contributed by atoms with Gasteiger partial charge in [-0.25, -0.2) is 0 Å². The molecule has 3 rings (SSSR count). The van der Waals surface area contributed by atoms with Gasteiger partial charge in [0.2, 0.25) is 0 Å². The number of nitrogens with one attached hydrogen (secondary N) is 2. The Labute approximate surface area is 172 Å². The maximum absolute atomic E-state index is 12.3. The van der Waals surface area contributed by atoms with Crippen molar-refractivity contribution >= 4 is 34.6 Å². The summed E-state index contributed by atoms with van der Waals surface area (Å²) in [7, 11) is 0. The molecule has 0 aliphatic carbocycles. The summed E-state index contributed by atoms with van der Waals surface area (Å²) in [5.41, 5.74) is 1.80. The predicted octanol–water partition coefficient (Wildman–Crippen LogP) is 4.30. The van der Waals surface area contributed by atoms with E-state index in [-0.39, 0.29) is 16.4 Å². The van der Waals surface area contributed by atoms with Gasteiger partial charge in [0.1, 0.15) is 12.4 Å². The molecule has 0 aliphatic rings. The van der Waals surface area contributed by atoms with Gasteiger partial charge in [-0.05, 0) is 42.0 Å². The van der Waals surface area contributed by atoms with E-state index < -0.39 is 10.8 Å². The van der Waals surface area contributed by atoms with Crippen LogP contribution in [0.3, 0.4) is 0 Å². The number of nitro groups is 1. The highest BCUT2D eigenvalue weighted by Gasteiger charge is 2.12. The lowest BCUT2D eigenvalue weighted by molar-refractivity contribution is -0.384. The van der Waals surface area contributed by atoms with Crippen molar-refractivity contribution in [2.75, 3.05) is 5.32 Å². The number of ether oxygens (including phenoxy) is 1. The number of thiocarbonyl (C=S) groups is 1. The summed E-state index contributed by atoms with van der Waals surface area (Å²) in [6.07, 6.45) is 0. The fraction of sp³-hybridized carbons (Fsp3) is 0.0476. The van der Waals surface area contributed by atoms with Gasteiger partial charge in [-0.15, -0.1) is 0 Å². The molecular weight excluding hydrogens is 390 g/mol. The Bertz CT molecular complexity index is 1020. The van der Waals surface area contributed by atoms with Crippen LogP contribution in [0.1, 0.15) is 15.9 Å². The van der Waals surface area contributed by atoms with E-state index in [2.05, 4.69) is 10.6 Å². The molecule has 0 saturated heterocycles. The summed E-state index contributed by atoms with van der Waals surface area (Å²) < 4.78 is 5.85. The van der Waals surface area contributed by atoms with E-state index in [0.717, 1.165) is 5.56 Å². The molecule has 1 amide bonds. The molecule has 3 aromatic carbocycles. The van der Waals surface area contributed by atoms with E-state index in [1.165, 1.54) is 24.3 Å². The smallest absolute Gasteiger partial charge is 0.269 e. The molecule has 0 fully saturated rings. The minimum absolute atomic E-state index is 0.0871. The number of benzene rings is 3. The van der Waals surface area contributed by atoms with Crippen LogP contribution in [0.2, 0.25) is 0 Å². The van der Waals surface area contributed by atoms with E-state index in [0.29, 0.717) is 18.0 Å². The molecule has 0 saturated carbocycles. The van der Waals surface area contributed by atoms with Gasteiger partial charge < -0.3 is 10.1 Å². The van der Waals surface area contributed by atoms with E-state index >= 15 is 0 Å². The van der Waals surface area contributed by atoms with Crippen molar-refractivity contribution in [3.63, 3.8) is 0 Å². The summed E-state index contributed by atoms with van der Waals surface area (Å²) in [5.74, 6) is 0.114. The molecule has 2 N–H and O–H groups in total. The summed E-state index contributed by atoms with van der Waals surface area (Å²) in [5, 5.41) is 16.3. The van der Waals surface area contributed by atoms with Crippen LogP contribution in [0.15, 0.2) is 78.9 Å². The van der Waals surface area contributed by atoms with Crippen LogP contribution in [0, 0.1) is 10.1 Å². The maximum Gasteiger partial charge on any atom is 0.269 e. The molecule has 0 aromatic heterocycles. The van der Waals surface area contributed by atoms with Crippen molar-refractivity contribution in [2.24, 2.45) is 0 Å². The maximum atomic E-state index is 12.3. The third-order valence-electron chi connectivity index (χ3n) is 3.94. The number of amides is 1. The average molecular weight is 407 g/mol. The molecule has 0 unspecified atom stereocenters. The largest absolute Gasteiger partial charge is 0.487 e. The van der Waals surface area contributed by atoms with Crippen LogP contribution in [0.5, 0.6) is 5.75 Å². The van der Waals surface area contributed by atoms with Crippen LogP contribution in [0.4, 0.5) is 11.4 Å². The van der Waals surface area contributed by atoms with E-state index in [4.69, 9.17) is 17.0 Å². The van der Waals surface area contributed by atoms with E-state index in [1.807, 2.05) is 42.5 Å². The van der Waals surface area contributed by atoms with Crippen molar-refractivity contribution in [2.45, 2.75) is 6.61 Å². The van der Waals surface area contributed by atoms with E-state index in [1.54, 1.807) is 12.1 Å². The van der Waals surface area contributed by atoms with Crippen molar-refractivity contribution in [3.8, 4) is 5.75 Å². The molecule has 0 radical (unpaired) electrons. The second kappa shape index (κ2) is 9.43. The van der Waals surface area contributed by atoms with Gasteiger partial charge in [-0.2, -0.15) is 0 Å². The molecule has 0 bridgehead atoms. The fourth-order valence-electron chi connectivity index (χ4n) is 2.49. The van der Waals surface area contributed by atoms with Crippen molar-refractivity contribution in [1.82, 2.24) is 5.32 Å². The summed E-state index contributed by atoms with van der Waals surface area (Å²) in [6, 6.07) is 22.2. The highest BCUT2D eigenvalue weighted by Crippen LogP contribution is 2.24. The molecule has 0 spiro atoms. The number of nitrogens with zero attached hydrogens (tertiary/aromatic N) is 1. The number of non-ortho nitro benzene ring substituents is 1. The van der Waals surface area contributed by atoms with Gasteiger partial charge in [-0.1, -0.05) is 42.5 Å². The molecule has 3 aromatic rings. The number of rotatable bonds is 6. The minimum atomic E-state index is -0.528. The minimum Gasteiger partial charge on any atom is -0.487 e. The zero-order valence-corrected chi connectivity index (χ0v) is 16.0. The Kier molecular flexibility index (Phi) is 6.49. The van der Waals surface area contributed by atoms with Gasteiger partial charge in [0, 0.05) is 17.7 Å². The summed E-state index contributed by atoms with van der Waals surface area (Å²) >= 11 is 5.21. The van der Waals surface area contributed by atoms with Gasteiger partial charge >= 0.3 is 0 Å². The second-order valence-electron chi connectivity index (χ2n) is 5.98. The topological polar surface area (TPSA) is 93.5 Å². The van der Waals surface area contributed by atoms with Gasteiger partial charge in [0.25, 0.3) is 11.6 Å². The zero-order valence-electron chi connectivity index (χ0n) is 15.2. The first kappa shape index (κ1) is 20.0. The molecule has 8 heteroatoms. The van der Waals surface area contributed by atoms with Gasteiger partial charge in [0.15, 0.2) is 5.11 Å².